The zero-order chi connectivity index (χ0) is 19.0. The molecule has 0 aromatic carbocycles. The van der Waals surface area contributed by atoms with E-state index >= 15 is 0 Å². The van der Waals surface area contributed by atoms with Crippen molar-refractivity contribution in [3.05, 3.63) is 23.7 Å². The lowest BCUT2D eigenvalue weighted by atomic mass is 10.0. The molecule has 2 atom stereocenters. The van der Waals surface area contributed by atoms with Crippen molar-refractivity contribution < 1.29 is 4.79 Å². The zero-order valence-electron chi connectivity index (χ0n) is 15.5. The minimum absolute atomic E-state index is 0.262. The van der Waals surface area contributed by atoms with E-state index in [1.807, 2.05) is 29.6 Å². The average Bonchev–Trinajstić information content (AvgIpc) is 3.32. The average molecular weight is 390 g/mol. The molecule has 1 saturated carbocycles. The second-order valence-electron chi connectivity index (χ2n) is 7.42. The lowest BCUT2D eigenvalue weighted by Gasteiger charge is -2.20. The van der Waals surface area contributed by atoms with Gasteiger partial charge in [-0.05, 0) is 24.7 Å². The number of carbonyl (C=O) groups excluding carboxylic acids is 1. The van der Waals surface area contributed by atoms with E-state index in [1.54, 1.807) is 12.5 Å². The van der Waals surface area contributed by atoms with Crippen molar-refractivity contribution in [2.75, 3.05) is 23.7 Å². The molecule has 2 aromatic heterocycles. The van der Waals surface area contributed by atoms with Crippen molar-refractivity contribution in [2.45, 2.75) is 32.2 Å². The Hall–Kier alpha value is -2.35. The Labute approximate surface area is 163 Å². The minimum atomic E-state index is 0.262. The lowest BCUT2D eigenvalue weighted by molar-refractivity contribution is -0.130. The summed E-state index contributed by atoms with van der Waals surface area (Å²) in [5.41, 5.74) is 0. The van der Waals surface area contributed by atoms with Gasteiger partial charge < -0.3 is 20.1 Å². The molecular formula is C18H24ClN7O. The summed E-state index contributed by atoms with van der Waals surface area (Å²) in [6.45, 7) is 3.67. The van der Waals surface area contributed by atoms with Crippen LogP contribution in [0.5, 0.6) is 0 Å². The molecule has 2 aromatic rings. The maximum Gasteiger partial charge on any atom is 0.230 e. The number of imidazole rings is 1. The molecule has 144 valence electrons. The van der Waals surface area contributed by atoms with Gasteiger partial charge in [0.15, 0.2) is 11.6 Å². The summed E-state index contributed by atoms with van der Waals surface area (Å²) in [6.07, 6.45) is 7.81. The maximum atomic E-state index is 11.9. The monoisotopic (exact) mass is 389 g/mol. The number of likely N-dealkylation sites (tertiary alicyclic amines) is 1. The Morgan fingerprint density at radius 3 is 2.67 bits per heavy atom. The number of carbonyl (C=O) groups is 1. The number of fused-ring (bicyclic) bond motifs is 1. The van der Waals surface area contributed by atoms with Gasteiger partial charge >= 0.3 is 0 Å². The molecule has 0 bridgehead atoms. The molecule has 0 radical (unpaired) electrons. The first-order valence-corrected chi connectivity index (χ1v) is 9.71. The van der Waals surface area contributed by atoms with Crippen molar-refractivity contribution in [2.24, 2.45) is 18.9 Å². The molecule has 8 nitrogen and oxygen atoms in total. The molecular weight excluding hydrogens is 366 g/mol. The smallest absolute Gasteiger partial charge is 0.230 e. The molecule has 1 amide bonds. The molecule has 2 aliphatic rings. The molecule has 1 aliphatic heterocycles. The number of anilines is 3. The third-order valence-corrected chi connectivity index (χ3v) is 5.71. The molecule has 2 unspecified atom stereocenters. The van der Waals surface area contributed by atoms with E-state index in [9.17, 15) is 4.79 Å². The number of nitrogens with one attached hydrogen (secondary N) is 2. The highest BCUT2D eigenvalue weighted by Crippen LogP contribution is 2.39. The fraction of sp³-hybridized carbons (Fsp3) is 0.556. The van der Waals surface area contributed by atoms with Crippen LogP contribution in [0.1, 0.15) is 26.2 Å². The second-order valence-corrected chi connectivity index (χ2v) is 7.83. The number of rotatable bonds is 5. The highest BCUT2D eigenvalue weighted by Gasteiger charge is 2.42. The molecule has 9 heteroatoms. The molecule has 27 heavy (non-hydrogen) atoms. The van der Waals surface area contributed by atoms with Crippen LogP contribution in [0.2, 0.25) is 5.02 Å². The Morgan fingerprint density at radius 2 is 2.04 bits per heavy atom. The quantitative estimate of drug-likeness (QED) is 0.817. The first-order chi connectivity index (χ1) is 13.0. The van der Waals surface area contributed by atoms with E-state index in [0.717, 1.165) is 25.9 Å². The van der Waals surface area contributed by atoms with E-state index in [0.29, 0.717) is 46.9 Å². The Morgan fingerprint density at radius 1 is 1.30 bits per heavy atom. The van der Waals surface area contributed by atoms with E-state index in [1.165, 1.54) is 0 Å². The van der Waals surface area contributed by atoms with Crippen LogP contribution in [0.4, 0.5) is 17.6 Å². The summed E-state index contributed by atoms with van der Waals surface area (Å²) < 4.78 is 1.85. The minimum Gasteiger partial charge on any atom is -0.366 e. The first-order valence-electron chi connectivity index (χ1n) is 9.33. The number of nitrogens with zero attached hydrogens (tertiary/aromatic N) is 5. The lowest BCUT2D eigenvalue weighted by Crippen LogP contribution is -2.30. The third-order valence-electron chi connectivity index (χ3n) is 5.44. The van der Waals surface area contributed by atoms with Gasteiger partial charge in [0.05, 0.1) is 12.5 Å². The Bertz CT molecular complexity index is 825. The van der Waals surface area contributed by atoms with E-state index in [2.05, 4.69) is 25.6 Å². The van der Waals surface area contributed by atoms with Crippen LogP contribution < -0.4 is 10.6 Å². The normalized spacial score (nSPS) is 24.1. The van der Waals surface area contributed by atoms with Gasteiger partial charge in [-0.2, -0.15) is 4.98 Å². The van der Waals surface area contributed by atoms with Gasteiger partial charge in [0, 0.05) is 38.8 Å². The summed E-state index contributed by atoms with van der Waals surface area (Å²) in [5.74, 6) is 3.16. The summed E-state index contributed by atoms with van der Waals surface area (Å²) in [4.78, 5) is 26.9. The van der Waals surface area contributed by atoms with E-state index < -0.39 is 0 Å². The fourth-order valence-electron chi connectivity index (χ4n) is 4.16. The Balaban J connectivity index is 1.39. The summed E-state index contributed by atoms with van der Waals surface area (Å²) in [7, 11) is 1.90. The van der Waals surface area contributed by atoms with Crippen LogP contribution in [0.25, 0.3) is 0 Å². The van der Waals surface area contributed by atoms with Crippen LogP contribution in [-0.2, 0) is 11.8 Å². The van der Waals surface area contributed by atoms with Crippen molar-refractivity contribution in [1.82, 2.24) is 24.4 Å². The van der Waals surface area contributed by atoms with Gasteiger partial charge in [-0.15, -0.1) is 0 Å². The number of aryl methyl sites for hydroxylation is 1. The first kappa shape index (κ1) is 18.0. The molecule has 0 spiro atoms. The van der Waals surface area contributed by atoms with Crippen molar-refractivity contribution in [3.63, 3.8) is 0 Å². The maximum absolute atomic E-state index is 11.9. The third kappa shape index (κ3) is 3.85. The van der Waals surface area contributed by atoms with Gasteiger partial charge in [-0.1, -0.05) is 18.5 Å². The van der Waals surface area contributed by atoms with Crippen molar-refractivity contribution in [1.29, 1.82) is 0 Å². The largest absolute Gasteiger partial charge is 0.366 e. The van der Waals surface area contributed by atoms with E-state index in [4.69, 9.17) is 11.6 Å². The highest BCUT2D eigenvalue weighted by molar-refractivity contribution is 6.32. The van der Waals surface area contributed by atoms with E-state index in [-0.39, 0.29) is 5.91 Å². The Kier molecular flexibility index (Phi) is 4.90. The highest BCUT2D eigenvalue weighted by atomic mass is 35.5. The molecule has 1 saturated heterocycles. The van der Waals surface area contributed by atoms with Crippen LogP contribution in [0.3, 0.4) is 0 Å². The van der Waals surface area contributed by atoms with Gasteiger partial charge in [-0.3, -0.25) is 4.79 Å². The predicted molar refractivity (Wildman–Crippen MR) is 104 cm³/mol. The predicted octanol–water partition coefficient (Wildman–Crippen LogP) is 2.67. The molecule has 2 fully saturated rings. The molecule has 2 N–H and O–H groups in total. The molecule has 3 heterocycles. The summed E-state index contributed by atoms with van der Waals surface area (Å²) in [6, 6.07) is 0.314. The topological polar surface area (TPSA) is 88.0 Å². The number of halogens is 1. The number of amides is 1. The zero-order valence-corrected chi connectivity index (χ0v) is 16.3. The van der Waals surface area contributed by atoms with Gasteiger partial charge in [0.1, 0.15) is 5.02 Å². The van der Waals surface area contributed by atoms with Gasteiger partial charge in [0.2, 0.25) is 11.9 Å². The number of hydrogen-bond donors (Lipinski definition) is 2. The molecule has 4 rings (SSSR count). The van der Waals surface area contributed by atoms with Crippen LogP contribution >= 0.6 is 11.6 Å². The number of hydrogen-bond acceptors (Lipinski definition) is 6. The number of aromatic nitrogens is 4. The van der Waals surface area contributed by atoms with Gasteiger partial charge in [0.25, 0.3) is 0 Å². The summed E-state index contributed by atoms with van der Waals surface area (Å²) in [5, 5.41) is 7.06. The van der Waals surface area contributed by atoms with Crippen LogP contribution in [0.15, 0.2) is 18.7 Å². The SMILES string of the molecule is CCC(=O)N1CC2CC(Nc3nc(Nc4cn(C)cn4)ncc3Cl)CC2C1. The second kappa shape index (κ2) is 7.34. The van der Waals surface area contributed by atoms with Gasteiger partial charge in [-0.25, -0.2) is 9.97 Å². The van der Waals surface area contributed by atoms with Crippen LogP contribution in [-0.4, -0.2) is 49.5 Å². The van der Waals surface area contributed by atoms with Crippen LogP contribution in [0, 0.1) is 11.8 Å². The summed E-state index contributed by atoms with van der Waals surface area (Å²) >= 11 is 6.30. The molecule has 1 aliphatic carbocycles. The van der Waals surface area contributed by atoms with Crippen molar-refractivity contribution >= 4 is 35.1 Å². The standard InChI is InChI=1S/C18H24ClN7O/c1-3-16(27)26-7-11-4-13(5-12(11)8-26)22-17-14(19)6-20-18(24-17)23-15-9-25(2)10-21-15/h6,9-13H,3-5,7-8H2,1-2H3,(H2,20,22,23,24). The fourth-order valence-corrected chi connectivity index (χ4v) is 4.30. The van der Waals surface area contributed by atoms with Crippen molar-refractivity contribution in [3.8, 4) is 0 Å².